The summed E-state index contributed by atoms with van der Waals surface area (Å²) in [4.78, 5) is 17.3. The van der Waals surface area contributed by atoms with E-state index in [1.807, 2.05) is 6.07 Å². The van der Waals surface area contributed by atoms with Gasteiger partial charge in [0.2, 0.25) is 5.88 Å². The summed E-state index contributed by atoms with van der Waals surface area (Å²) in [6, 6.07) is 7.26. The van der Waals surface area contributed by atoms with Crippen LogP contribution in [0.1, 0.15) is 25.0 Å². The molecule has 1 spiro atoms. The highest BCUT2D eigenvalue weighted by Gasteiger charge is 2.48. The van der Waals surface area contributed by atoms with Gasteiger partial charge in [-0.3, -0.25) is 0 Å². The smallest absolute Gasteiger partial charge is 0.283 e. The van der Waals surface area contributed by atoms with Gasteiger partial charge < -0.3 is 19.9 Å². The van der Waals surface area contributed by atoms with Crippen molar-refractivity contribution in [3.8, 4) is 28.5 Å². The van der Waals surface area contributed by atoms with Crippen molar-refractivity contribution in [1.82, 2.24) is 15.0 Å². The highest BCUT2D eigenvalue weighted by Crippen LogP contribution is 2.51. The molecule has 3 aromatic rings. The molecule has 4 heterocycles. The van der Waals surface area contributed by atoms with E-state index >= 15 is 0 Å². The predicted molar refractivity (Wildman–Crippen MR) is 111 cm³/mol. The topological polar surface area (TPSA) is 105 Å². The third kappa shape index (κ3) is 3.41. The standard InChI is InChI=1S/C22H20FN5O3/c1-21(2,23)10-29-15-3-4-18-16(6-15)22(11-30-20(24)28-22)17-5-13(9-27-19(17)31-18)14-7-25-12-26-8-14/h3-9,12H,10-11H2,1-2H3,(H2,24,28)/t22-/m1/s1. The van der Waals surface area contributed by atoms with Crippen LogP contribution in [-0.4, -0.2) is 39.9 Å². The van der Waals surface area contributed by atoms with Crippen molar-refractivity contribution in [3.05, 3.63) is 60.3 Å². The van der Waals surface area contributed by atoms with E-state index in [4.69, 9.17) is 19.9 Å². The molecule has 2 aliphatic rings. The molecule has 0 saturated carbocycles. The van der Waals surface area contributed by atoms with Crippen molar-refractivity contribution >= 4 is 6.02 Å². The Labute approximate surface area is 177 Å². The fraction of sp³-hybridized carbons (Fsp3) is 0.273. The monoisotopic (exact) mass is 421 g/mol. The van der Waals surface area contributed by atoms with Crippen LogP contribution in [0.4, 0.5) is 4.39 Å². The Bertz CT molecular complexity index is 1180. The Balaban J connectivity index is 1.63. The highest BCUT2D eigenvalue weighted by molar-refractivity contribution is 5.77. The van der Waals surface area contributed by atoms with Gasteiger partial charge in [-0.25, -0.2) is 24.3 Å². The highest BCUT2D eigenvalue weighted by atomic mass is 19.1. The van der Waals surface area contributed by atoms with Crippen molar-refractivity contribution in [2.24, 2.45) is 10.7 Å². The Morgan fingerprint density at radius 2 is 1.94 bits per heavy atom. The van der Waals surface area contributed by atoms with Crippen LogP contribution >= 0.6 is 0 Å². The normalized spacial score (nSPS) is 19.1. The third-order valence-corrected chi connectivity index (χ3v) is 5.11. The van der Waals surface area contributed by atoms with Crippen molar-refractivity contribution in [2.45, 2.75) is 25.1 Å². The minimum atomic E-state index is -1.47. The van der Waals surface area contributed by atoms with Gasteiger partial charge in [-0.1, -0.05) is 0 Å². The van der Waals surface area contributed by atoms with Gasteiger partial charge in [-0.05, 0) is 38.1 Å². The van der Waals surface area contributed by atoms with Gasteiger partial charge in [0.1, 0.15) is 36.7 Å². The van der Waals surface area contributed by atoms with E-state index in [0.29, 0.717) is 28.5 Å². The minimum absolute atomic E-state index is 0.0726. The van der Waals surface area contributed by atoms with Gasteiger partial charge in [0.15, 0.2) is 5.54 Å². The molecule has 158 valence electrons. The molecule has 31 heavy (non-hydrogen) atoms. The van der Waals surface area contributed by atoms with E-state index in [-0.39, 0.29) is 19.2 Å². The van der Waals surface area contributed by atoms with E-state index in [1.165, 1.54) is 20.2 Å². The first-order chi connectivity index (χ1) is 14.8. The maximum atomic E-state index is 13.9. The molecule has 5 rings (SSSR count). The molecule has 0 saturated heterocycles. The van der Waals surface area contributed by atoms with Crippen LogP contribution in [0.15, 0.2) is 54.2 Å². The van der Waals surface area contributed by atoms with Gasteiger partial charge in [-0.15, -0.1) is 0 Å². The fourth-order valence-corrected chi connectivity index (χ4v) is 3.66. The Morgan fingerprint density at radius 3 is 2.65 bits per heavy atom. The largest absolute Gasteiger partial charge is 0.490 e. The molecule has 1 aromatic carbocycles. The number of rotatable bonds is 4. The summed E-state index contributed by atoms with van der Waals surface area (Å²) in [5.41, 5.74) is 6.51. The Morgan fingerprint density at radius 1 is 1.13 bits per heavy atom. The average molecular weight is 421 g/mol. The number of amidine groups is 1. The maximum absolute atomic E-state index is 13.9. The summed E-state index contributed by atoms with van der Waals surface area (Å²) >= 11 is 0. The third-order valence-electron chi connectivity index (χ3n) is 5.11. The number of nitrogens with zero attached hydrogens (tertiary/aromatic N) is 4. The predicted octanol–water partition coefficient (Wildman–Crippen LogP) is 3.36. The first-order valence-corrected chi connectivity index (χ1v) is 9.72. The molecule has 0 aliphatic carbocycles. The lowest BCUT2D eigenvalue weighted by Gasteiger charge is -2.33. The summed E-state index contributed by atoms with van der Waals surface area (Å²) in [6.45, 7) is 3.01. The zero-order chi connectivity index (χ0) is 21.6. The summed E-state index contributed by atoms with van der Waals surface area (Å²) < 4.78 is 31.2. The van der Waals surface area contributed by atoms with Crippen LogP contribution in [0.2, 0.25) is 0 Å². The molecule has 0 amide bonds. The van der Waals surface area contributed by atoms with Crippen molar-refractivity contribution in [1.29, 1.82) is 0 Å². The number of aliphatic imine (C=N–C) groups is 1. The summed E-state index contributed by atoms with van der Waals surface area (Å²) in [7, 11) is 0. The second-order valence-electron chi connectivity index (χ2n) is 8.07. The summed E-state index contributed by atoms with van der Waals surface area (Å²) in [5, 5.41) is 0. The lowest BCUT2D eigenvalue weighted by atomic mass is 9.81. The van der Waals surface area contributed by atoms with E-state index in [9.17, 15) is 4.39 Å². The molecule has 0 fully saturated rings. The van der Waals surface area contributed by atoms with Gasteiger partial charge >= 0.3 is 0 Å². The van der Waals surface area contributed by atoms with Crippen LogP contribution in [0.3, 0.4) is 0 Å². The summed E-state index contributed by atoms with van der Waals surface area (Å²) in [5.74, 6) is 1.47. The first-order valence-electron chi connectivity index (χ1n) is 9.72. The fourth-order valence-electron chi connectivity index (χ4n) is 3.66. The molecule has 1 atom stereocenters. The minimum Gasteiger partial charge on any atom is -0.490 e. The molecular formula is C22H20FN5O3. The van der Waals surface area contributed by atoms with Crippen molar-refractivity contribution in [3.63, 3.8) is 0 Å². The lowest BCUT2D eigenvalue weighted by molar-refractivity contribution is 0.120. The molecule has 2 aliphatic heterocycles. The Kier molecular flexibility index (Phi) is 4.28. The van der Waals surface area contributed by atoms with E-state index in [2.05, 4.69) is 19.9 Å². The number of fused-ring (bicyclic) bond motifs is 4. The molecular weight excluding hydrogens is 401 g/mol. The number of ether oxygens (including phenoxy) is 3. The zero-order valence-electron chi connectivity index (χ0n) is 17.0. The van der Waals surface area contributed by atoms with E-state index in [1.54, 1.807) is 36.8 Å². The number of hydrogen-bond acceptors (Lipinski definition) is 8. The first kappa shape index (κ1) is 19.2. The second kappa shape index (κ2) is 6.90. The van der Waals surface area contributed by atoms with E-state index in [0.717, 1.165) is 11.1 Å². The number of nitrogens with two attached hydrogens (primary N) is 1. The number of hydrogen-bond donors (Lipinski definition) is 1. The van der Waals surface area contributed by atoms with Gasteiger partial charge in [0, 0.05) is 35.3 Å². The number of aromatic nitrogens is 3. The number of alkyl halides is 1. The van der Waals surface area contributed by atoms with Crippen LogP contribution in [0.5, 0.6) is 17.4 Å². The van der Waals surface area contributed by atoms with Crippen LogP contribution in [-0.2, 0) is 10.3 Å². The van der Waals surface area contributed by atoms with Crippen molar-refractivity contribution in [2.75, 3.05) is 13.2 Å². The molecule has 0 radical (unpaired) electrons. The number of halogens is 1. The quantitative estimate of drug-likeness (QED) is 0.689. The molecule has 9 heteroatoms. The Hall–Kier alpha value is -3.75. The SMILES string of the molecule is CC(C)(F)COc1ccc2c(c1)[C@]1(COC(N)=N1)c1cc(-c3cncnc3)cnc1O2. The van der Waals surface area contributed by atoms with Crippen molar-refractivity contribution < 1.29 is 18.6 Å². The van der Waals surface area contributed by atoms with Gasteiger partial charge in [0.05, 0.1) is 5.56 Å². The molecule has 0 bridgehead atoms. The van der Waals surface area contributed by atoms with Gasteiger partial charge in [0.25, 0.3) is 6.02 Å². The van der Waals surface area contributed by atoms with E-state index < -0.39 is 11.2 Å². The molecule has 2 aromatic heterocycles. The zero-order valence-corrected chi connectivity index (χ0v) is 17.0. The number of benzene rings is 1. The molecule has 8 nitrogen and oxygen atoms in total. The van der Waals surface area contributed by atoms with Crippen LogP contribution in [0.25, 0.3) is 11.1 Å². The average Bonchev–Trinajstić information content (AvgIpc) is 3.15. The van der Waals surface area contributed by atoms with Crippen LogP contribution in [0, 0.1) is 0 Å². The molecule has 2 N–H and O–H groups in total. The lowest BCUT2D eigenvalue weighted by Crippen LogP contribution is -2.31. The second-order valence-corrected chi connectivity index (χ2v) is 8.07. The number of pyridine rings is 1. The molecule has 0 unspecified atom stereocenters. The van der Waals surface area contributed by atoms with Gasteiger partial charge in [-0.2, -0.15) is 0 Å². The maximum Gasteiger partial charge on any atom is 0.283 e. The summed E-state index contributed by atoms with van der Waals surface area (Å²) in [6.07, 6.45) is 6.56. The van der Waals surface area contributed by atoms with Crippen LogP contribution < -0.4 is 15.2 Å².